The van der Waals surface area contributed by atoms with E-state index in [1.165, 1.54) is 0 Å². The lowest BCUT2D eigenvalue weighted by Gasteiger charge is -2.15. The van der Waals surface area contributed by atoms with Gasteiger partial charge >= 0.3 is 0 Å². The summed E-state index contributed by atoms with van der Waals surface area (Å²) in [5.41, 5.74) is 0.495. The van der Waals surface area contributed by atoms with Crippen molar-refractivity contribution in [2.75, 3.05) is 27.8 Å². The summed E-state index contributed by atoms with van der Waals surface area (Å²) < 4.78 is 10.4. The molecule has 4 heteroatoms. The molecule has 1 aliphatic rings. The number of ketones is 1. The van der Waals surface area contributed by atoms with Crippen LogP contribution in [0.4, 0.5) is 0 Å². The zero-order valence-electron chi connectivity index (χ0n) is 11.1. The van der Waals surface area contributed by atoms with E-state index in [9.17, 15) is 4.79 Å². The molecular formula is C14H19NO3. The average Bonchev–Trinajstić information content (AvgIpc) is 3.18. The Bertz CT molecular complexity index is 452. The predicted octanol–water partition coefficient (Wildman–Crippen LogP) is 1.89. The van der Waals surface area contributed by atoms with Crippen molar-refractivity contribution in [2.45, 2.75) is 12.8 Å². The Balaban J connectivity index is 2.26. The Morgan fingerprint density at radius 2 is 1.94 bits per heavy atom. The number of carbonyl (C=O) groups excluding carboxylic acids is 1. The second-order valence-corrected chi connectivity index (χ2v) is 4.71. The van der Waals surface area contributed by atoms with Crippen LogP contribution in [0.3, 0.4) is 0 Å². The number of carbonyl (C=O) groups is 1. The summed E-state index contributed by atoms with van der Waals surface area (Å²) in [5, 5.41) is 3.10. The van der Waals surface area contributed by atoms with Gasteiger partial charge in [-0.1, -0.05) is 0 Å². The summed E-state index contributed by atoms with van der Waals surface area (Å²) in [6.45, 7) is 0.736. The Morgan fingerprint density at radius 1 is 1.28 bits per heavy atom. The highest BCUT2D eigenvalue weighted by Gasteiger charge is 2.49. The molecular weight excluding hydrogens is 230 g/mol. The minimum absolute atomic E-state index is 0.192. The largest absolute Gasteiger partial charge is 0.493 e. The first kappa shape index (κ1) is 12.9. The van der Waals surface area contributed by atoms with Crippen LogP contribution >= 0.6 is 0 Å². The topological polar surface area (TPSA) is 47.6 Å². The monoisotopic (exact) mass is 249 g/mol. The third-order valence-corrected chi connectivity index (χ3v) is 3.50. The van der Waals surface area contributed by atoms with Gasteiger partial charge in [0.1, 0.15) is 0 Å². The van der Waals surface area contributed by atoms with Crippen LogP contribution in [0, 0.1) is 5.41 Å². The van der Waals surface area contributed by atoms with Gasteiger partial charge in [-0.15, -0.1) is 0 Å². The number of nitrogens with one attached hydrogen (secondary N) is 1. The molecule has 0 heterocycles. The van der Waals surface area contributed by atoms with Gasteiger partial charge in [0.2, 0.25) is 0 Å². The van der Waals surface area contributed by atoms with Gasteiger partial charge in [-0.25, -0.2) is 0 Å². The molecule has 0 unspecified atom stereocenters. The molecule has 1 fully saturated rings. The van der Waals surface area contributed by atoms with Gasteiger partial charge in [-0.2, -0.15) is 0 Å². The minimum atomic E-state index is -0.200. The van der Waals surface area contributed by atoms with Crippen molar-refractivity contribution in [3.63, 3.8) is 0 Å². The van der Waals surface area contributed by atoms with Gasteiger partial charge in [0.05, 0.1) is 14.2 Å². The van der Waals surface area contributed by atoms with Gasteiger partial charge in [0.25, 0.3) is 0 Å². The van der Waals surface area contributed by atoms with Crippen LogP contribution in [-0.2, 0) is 0 Å². The molecule has 0 saturated heterocycles. The lowest BCUT2D eigenvalue weighted by Crippen LogP contribution is -2.27. The molecule has 1 aromatic carbocycles. The molecule has 0 amide bonds. The second kappa shape index (κ2) is 4.98. The number of rotatable bonds is 6. The summed E-state index contributed by atoms with van der Waals surface area (Å²) >= 11 is 0. The van der Waals surface area contributed by atoms with E-state index in [-0.39, 0.29) is 11.2 Å². The first-order valence-corrected chi connectivity index (χ1v) is 6.08. The highest BCUT2D eigenvalue weighted by molar-refractivity contribution is 6.03. The van der Waals surface area contributed by atoms with Crippen LogP contribution in [0.5, 0.6) is 11.5 Å². The van der Waals surface area contributed by atoms with E-state index in [1.807, 2.05) is 7.05 Å². The molecule has 0 atom stereocenters. The van der Waals surface area contributed by atoms with Crippen molar-refractivity contribution in [1.29, 1.82) is 0 Å². The Morgan fingerprint density at radius 3 is 2.44 bits per heavy atom. The maximum absolute atomic E-state index is 12.5. The molecule has 98 valence electrons. The standard InChI is InChI=1S/C14H19NO3/c1-15-9-14(6-7-14)13(16)10-4-5-11(17-2)12(8-10)18-3/h4-5,8,15H,6-7,9H2,1-3H3. The van der Waals surface area contributed by atoms with Crippen molar-refractivity contribution in [2.24, 2.45) is 5.41 Å². The van der Waals surface area contributed by atoms with E-state index in [0.717, 1.165) is 19.4 Å². The number of Topliss-reactive ketones (excluding diaryl/α,β-unsaturated/α-hetero) is 1. The number of ether oxygens (including phenoxy) is 2. The van der Waals surface area contributed by atoms with Crippen molar-refractivity contribution in [3.05, 3.63) is 23.8 Å². The Kier molecular flexibility index (Phi) is 3.57. The fourth-order valence-corrected chi connectivity index (χ4v) is 2.26. The summed E-state index contributed by atoms with van der Waals surface area (Å²) in [7, 11) is 5.04. The normalized spacial score (nSPS) is 16.2. The lowest BCUT2D eigenvalue weighted by atomic mass is 9.94. The quantitative estimate of drug-likeness (QED) is 0.782. The molecule has 1 saturated carbocycles. The second-order valence-electron chi connectivity index (χ2n) is 4.71. The average molecular weight is 249 g/mol. The molecule has 2 rings (SSSR count). The smallest absolute Gasteiger partial charge is 0.170 e. The van der Waals surface area contributed by atoms with E-state index in [0.29, 0.717) is 17.1 Å². The third kappa shape index (κ3) is 2.20. The number of benzene rings is 1. The van der Waals surface area contributed by atoms with Crippen LogP contribution < -0.4 is 14.8 Å². The summed E-state index contributed by atoms with van der Waals surface area (Å²) in [4.78, 5) is 12.5. The zero-order valence-corrected chi connectivity index (χ0v) is 11.1. The number of hydrogen-bond acceptors (Lipinski definition) is 4. The molecule has 0 aliphatic heterocycles. The molecule has 0 spiro atoms. The van der Waals surface area contributed by atoms with Gasteiger partial charge in [-0.3, -0.25) is 4.79 Å². The molecule has 0 radical (unpaired) electrons. The lowest BCUT2D eigenvalue weighted by molar-refractivity contribution is 0.0900. The van der Waals surface area contributed by atoms with Crippen LogP contribution in [0.15, 0.2) is 18.2 Å². The van der Waals surface area contributed by atoms with Gasteiger partial charge < -0.3 is 14.8 Å². The van der Waals surface area contributed by atoms with Crippen LogP contribution in [0.1, 0.15) is 23.2 Å². The van der Waals surface area contributed by atoms with E-state index < -0.39 is 0 Å². The summed E-state index contributed by atoms with van der Waals surface area (Å²) in [6.07, 6.45) is 1.92. The molecule has 0 bridgehead atoms. The first-order valence-electron chi connectivity index (χ1n) is 6.08. The van der Waals surface area contributed by atoms with Crippen LogP contribution in [0.2, 0.25) is 0 Å². The zero-order chi connectivity index (χ0) is 13.2. The third-order valence-electron chi connectivity index (χ3n) is 3.50. The predicted molar refractivity (Wildman–Crippen MR) is 69.5 cm³/mol. The molecule has 1 aliphatic carbocycles. The first-order chi connectivity index (χ1) is 8.66. The van der Waals surface area contributed by atoms with Gasteiger partial charge in [-0.05, 0) is 38.1 Å². The Labute approximate surface area is 107 Å². The molecule has 1 N–H and O–H groups in total. The Hall–Kier alpha value is -1.55. The fraction of sp³-hybridized carbons (Fsp3) is 0.500. The molecule has 18 heavy (non-hydrogen) atoms. The van der Waals surface area contributed by atoms with Gasteiger partial charge in [0.15, 0.2) is 17.3 Å². The van der Waals surface area contributed by atoms with Gasteiger partial charge in [0, 0.05) is 17.5 Å². The number of methoxy groups -OCH3 is 2. The van der Waals surface area contributed by atoms with Crippen LogP contribution in [-0.4, -0.2) is 33.6 Å². The van der Waals surface area contributed by atoms with E-state index >= 15 is 0 Å². The summed E-state index contributed by atoms with van der Waals surface area (Å²) in [6, 6.07) is 5.35. The van der Waals surface area contributed by atoms with E-state index in [1.54, 1.807) is 32.4 Å². The maximum Gasteiger partial charge on any atom is 0.170 e. The van der Waals surface area contributed by atoms with E-state index in [2.05, 4.69) is 5.32 Å². The number of hydrogen-bond donors (Lipinski definition) is 1. The summed E-state index contributed by atoms with van der Waals surface area (Å²) in [5.74, 6) is 1.44. The van der Waals surface area contributed by atoms with Crippen molar-refractivity contribution < 1.29 is 14.3 Å². The fourth-order valence-electron chi connectivity index (χ4n) is 2.26. The highest BCUT2D eigenvalue weighted by Crippen LogP contribution is 2.48. The molecule has 4 nitrogen and oxygen atoms in total. The van der Waals surface area contributed by atoms with Crippen molar-refractivity contribution in [3.8, 4) is 11.5 Å². The minimum Gasteiger partial charge on any atom is -0.493 e. The molecule has 1 aromatic rings. The maximum atomic E-state index is 12.5. The van der Waals surface area contributed by atoms with E-state index in [4.69, 9.17) is 9.47 Å². The van der Waals surface area contributed by atoms with Crippen molar-refractivity contribution >= 4 is 5.78 Å². The molecule has 0 aromatic heterocycles. The van der Waals surface area contributed by atoms with Crippen molar-refractivity contribution in [1.82, 2.24) is 5.32 Å². The van der Waals surface area contributed by atoms with Crippen LogP contribution in [0.25, 0.3) is 0 Å². The SMILES string of the molecule is CNCC1(C(=O)c2ccc(OC)c(OC)c2)CC1. The highest BCUT2D eigenvalue weighted by atomic mass is 16.5.